The average molecular weight is 441 g/mol. The van der Waals surface area contributed by atoms with Crippen LogP contribution in [0.5, 0.6) is 0 Å². The number of benzene rings is 1. The van der Waals surface area contributed by atoms with Crippen LogP contribution < -0.4 is 0 Å². The second-order valence-electron chi connectivity index (χ2n) is 9.97. The Bertz CT molecular complexity index is 792. The normalized spacial score (nSPS) is 41.0. The molecule has 2 aliphatic heterocycles. The summed E-state index contributed by atoms with van der Waals surface area (Å²) in [6, 6.07) is 10.5. The van der Waals surface area contributed by atoms with Gasteiger partial charge in [-0.05, 0) is 57.7 Å². The minimum absolute atomic E-state index is 0.0379. The minimum Gasteiger partial charge on any atom is -0.374 e. The predicted molar refractivity (Wildman–Crippen MR) is 128 cm³/mol. The van der Waals surface area contributed by atoms with Crippen molar-refractivity contribution in [2.75, 3.05) is 13.2 Å². The highest BCUT2D eigenvalue weighted by molar-refractivity contribution is 5.75. The summed E-state index contributed by atoms with van der Waals surface area (Å²) in [6.07, 6.45) is 10.1. The molecule has 1 aromatic rings. The third-order valence-corrected chi connectivity index (χ3v) is 8.77. The van der Waals surface area contributed by atoms with Crippen molar-refractivity contribution in [3.05, 3.63) is 54.1 Å². The van der Waals surface area contributed by atoms with Gasteiger partial charge < -0.3 is 18.9 Å². The van der Waals surface area contributed by atoms with E-state index in [0.717, 1.165) is 12.8 Å². The zero-order chi connectivity index (χ0) is 23.0. The van der Waals surface area contributed by atoms with Crippen molar-refractivity contribution in [2.45, 2.75) is 91.0 Å². The second kappa shape index (κ2) is 9.06. The number of hydrogen-bond acceptors (Lipinski definition) is 4. The molecular formula is C28H40O4. The van der Waals surface area contributed by atoms with Gasteiger partial charge in [-0.15, -0.1) is 0 Å². The molecule has 0 spiro atoms. The van der Waals surface area contributed by atoms with Gasteiger partial charge in [-0.3, -0.25) is 0 Å². The summed E-state index contributed by atoms with van der Waals surface area (Å²) < 4.78 is 25.2. The zero-order valence-electron chi connectivity index (χ0n) is 20.6. The van der Waals surface area contributed by atoms with Crippen LogP contribution in [0.25, 0.3) is 5.57 Å². The number of allylic oxidation sites excluding steroid dienone is 2. The van der Waals surface area contributed by atoms with Crippen molar-refractivity contribution in [1.29, 1.82) is 0 Å². The first-order valence-corrected chi connectivity index (χ1v) is 12.3. The maximum absolute atomic E-state index is 6.70. The lowest BCUT2D eigenvalue weighted by Gasteiger charge is -2.55. The molecule has 4 unspecified atom stereocenters. The van der Waals surface area contributed by atoms with E-state index in [0.29, 0.717) is 19.6 Å². The van der Waals surface area contributed by atoms with Crippen LogP contribution in [0.15, 0.2) is 48.6 Å². The van der Waals surface area contributed by atoms with E-state index in [2.05, 4.69) is 84.0 Å². The Morgan fingerprint density at radius 1 is 0.812 bits per heavy atom. The Kier molecular flexibility index (Phi) is 6.71. The Morgan fingerprint density at radius 3 is 1.69 bits per heavy atom. The lowest BCUT2D eigenvalue weighted by molar-refractivity contribution is -0.316. The van der Waals surface area contributed by atoms with Gasteiger partial charge in [0.25, 0.3) is 0 Å². The highest BCUT2D eigenvalue weighted by atomic mass is 16.7. The molecule has 2 saturated heterocycles. The van der Waals surface area contributed by atoms with E-state index in [4.69, 9.17) is 18.9 Å². The Morgan fingerprint density at radius 2 is 1.31 bits per heavy atom. The largest absolute Gasteiger partial charge is 0.374 e. The molecule has 2 fully saturated rings. The summed E-state index contributed by atoms with van der Waals surface area (Å²) in [5, 5.41) is 0. The zero-order valence-corrected chi connectivity index (χ0v) is 20.6. The lowest BCUT2D eigenvalue weighted by atomic mass is 9.71. The fourth-order valence-corrected chi connectivity index (χ4v) is 5.71. The van der Waals surface area contributed by atoms with Gasteiger partial charge in [-0.25, -0.2) is 0 Å². The molecule has 0 bridgehead atoms. The van der Waals surface area contributed by atoms with Gasteiger partial charge in [0, 0.05) is 17.3 Å². The van der Waals surface area contributed by atoms with Crippen LogP contribution in [0.4, 0.5) is 0 Å². The lowest BCUT2D eigenvalue weighted by Crippen LogP contribution is -2.61. The van der Waals surface area contributed by atoms with Gasteiger partial charge in [0.2, 0.25) is 0 Å². The SMILES string of the molecule is CCC1(COC2(OCC3(CC)C(C)OC3C)C=CC(c3ccccc3)=CC2)C(C)OC1C. The van der Waals surface area contributed by atoms with Crippen molar-refractivity contribution in [3.63, 3.8) is 0 Å². The predicted octanol–water partition coefficient (Wildman–Crippen LogP) is 6.17. The van der Waals surface area contributed by atoms with E-state index >= 15 is 0 Å². The summed E-state index contributed by atoms with van der Waals surface area (Å²) in [6.45, 7) is 14.4. The van der Waals surface area contributed by atoms with E-state index in [9.17, 15) is 0 Å². The van der Waals surface area contributed by atoms with E-state index < -0.39 is 5.79 Å². The Hall–Kier alpha value is -1.46. The van der Waals surface area contributed by atoms with Gasteiger partial charge in [-0.2, -0.15) is 0 Å². The van der Waals surface area contributed by atoms with E-state index in [1.165, 1.54) is 11.1 Å². The number of hydrogen-bond donors (Lipinski definition) is 0. The van der Waals surface area contributed by atoms with Crippen LogP contribution in [-0.4, -0.2) is 43.4 Å². The molecular weight excluding hydrogens is 400 g/mol. The summed E-state index contributed by atoms with van der Waals surface area (Å²) in [4.78, 5) is 0. The fourth-order valence-electron chi connectivity index (χ4n) is 5.71. The molecule has 4 heteroatoms. The number of ether oxygens (including phenoxy) is 4. The van der Waals surface area contributed by atoms with Crippen LogP contribution >= 0.6 is 0 Å². The van der Waals surface area contributed by atoms with Gasteiger partial charge in [-0.1, -0.05) is 56.3 Å². The van der Waals surface area contributed by atoms with Crippen LogP contribution in [0.1, 0.15) is 66.4 Å². The molecule has 1 aliphatic carbocycles. The molecule has 0 radical (unpaired) electrons. The molecule has 1 aromatic carbocycles. The highest BCUT2D eigenvalue weighted by Crippen LogP contribution is 2.48. The topological polar surface area (TPSA) is 36.9 Å². The monoisotopic (exact) mass is 440 g/mol. The van der Waals surface area contributed by atoms with Crippen LogP contribution in [0.2, 0.25) is 0 Å². The van der Waals surface area contributed by atoms with Crippen molar-refractivity contribution in [2.24, 2.45) is 10.8 Å². The van der Waals surface area contributed by atoms with E-state index in [1.807, 2.05) is 6.07 Å². The van der Waals surface area contributed by atoms with Crippen LogP contribution in [0.3, 0.4) is 0 Å². The smallest absolute Gasteiger partial charge is 0.191 e. The standard InChI is InChI=1S/C28H40O4/c1-7-26(20(3)31-21(26)4)18-29-28(30-19-27(8-2)22(5)32-23(27)6)16-14-25(15-17-28)24-12-10-9-11-13-24/h9-16,20-23H,7-8,17-19H2,1-6H3. The van der Waals surface area contributed by atoms with E-state index in [-0.39, 0.29) is 35.2 Å². The third kappa shape index (κ3) is 3.90. The van der Waals surface area contributed by atoms with Crippen molar-refractivity contribution in [3.8, 4) is 0 Å². The van der Waals surface area contributed by atoms with Crippen molar-refractivity contribution in [1.82, 2.24) is 0 Å². The first-order valence-electron chi connectivity index (χ1n) is 12.3. The maximum Gasteiger partial charge on any atom is 0.191 e. The molecule has 176 valence electrons. The van der Waals surface area contributed by atoms with Gasteiger partial charge in [0.1, 0.15) is 0 Å². The highest BCUT2D eigenvalue weighted by Gasteiger charge is 2.54. The van der Waals surface area contributed by atoms with Crippen LogP contribution in [0, 0.1) is 10.8 Å². The molecule has 4 nitrogen and oxygen atoms in total. The number of rotatable bonds is 9. The summed E-state index contributed by atoms with van der Waals surface area (Å²) >= 11 is 0. The third-order valence-electron chi connectivity index (χ3n) is 8.77. The molecule has 32 heavy (non-hydrogen) atoms. The summed E-state index contributed by atoms with van der Waals surface area (Å²) in [5.41, 5.74) is 2.51. The van der Waals surface area contributed by atoms with Gasteiger partial charge in [0.05, 0.1) is 37.6 Å². The summed E-state index contributed by atoms with van der Waals surface area (Å²) in [5.74, 6) is -0.757. The first kappa shape index (κ1) is 23.7. The molecule has 4 rings (SSSR count). The maximum atomic E-state index is 6.70. The molecule has 0 amide bonds. The summed E-state index contributed by atoms with van der Waals surface area (Å²) in [7, 11) is 0. The molecule has 0 aromatic heterocycles. The van der Waals surface area contributed by atoms with E-state index in [1.54, 1.807) is 0 Å². The Balaban J connectivity index is 1.53. The Labute approximate surface area is 194 Å². The minimum atomic E-state index is -0.757. The van der Waals surface area contributed by atoms with Crippen molar-refractivity contribution < 1.29 is 18.9 Å². The van der Waals surface area contributed by atoms with Gasteiger partial charge in [0.15, 0.2) is 5.79 Å². The quantitative estimate of drug-likeness (QED) is 0.431. The fraction of sp³-hybridized carbons (Fsp3) is 0.643. The average Bonchev–Trinajstić information content (AvgIpc) is 2.81. The van der Waals surface area contributed by atoms with Crippen LogP contribution in [-0.2, 0) is 18.9 Å². The van der Waals surface area contributed by atoms with Gasteiger partial charge >= 0.3 is 0 Å². The molecule has 2 heterocycles. The first-order chi connectivity index (χ1) is 15.3. The molecule has 4 atom stereocenters. The second-order valence-corrected chi connectivity index (χ2v) is 9.97. The van der Waals surface area contributed by atoms with Crippen molar-refractivity contribution >= 4 is 5.57 Å². The molecule has 3 aliphatic rings. The molecule has 0 saturated carbocycles. The molecule has 0 N–H and O–H groups in total.